The van der Waals surface area contributed by atoms with Gasteiger partial charge in [0.2, 0.25) is 0 Å². The summed E-state index contributed by atoms with van der Waals surface area (Å²) in [5, 5.41) is 3.00. The van der Waals surface area contributed by atoms with Gasteiger partial charge in [-0.05, 0) is 56.7 Å². The number of hydrogen-bond acceptors (Lipinski definition) is 6. The van der Waals surface area contributed by atoms with Crippen molar-refractivity contribution in [3.8, 4) is 0 Å². The van der Waals surface area contributed by atoms with E-state index < -0.39 is 35.6 Å². The summed E-state index contributed by atoms with van der Waals surface area (Å²) < 4.78 is 36.9. The van der Waals surface area contributed by atoms with Gasteiger partial charge in [0.1, 0.15) is 16.6 Å². The SMILES string of the molecule is CCOC(=O)c1c(NC(=O)C(C)OC(=O)c2cc(F)cc(F)c2)sc2c1CCC(C)C2. The van der Waals surface area contributed by atoms with Crippen LogP contribution in [0.3, 0.4) is 0 Å². The highest BCUT2D eigenvalue weighted by atomic mass is 32.1. The number of halogens is 2. The van der Waals surface area contributed by atoms with Crippen molar-refractivity contribution in [3.63, 3.8) is 0 Å². The summed E-state index contributed by atoms with van der Waals surface area (Å²) in [6.07, 6.45) is 1.19. The van der Waals surface area contributed by atoms with Crippen molar-refractivity contribution in [1.82, 2.24) is 0 Å². The molecule has 1 aliphatic carbocycles. The van der Waals surface area contributed by atoms with Crippen LogP contribution in [-0.4, -0.2) is 30.6 Å². The minimum atomic E-state index is -1.26. The van der Waals surface area contributed by atoms with Crippen LogP contribution in [0, 0.1) is 17.6 Å². The van der Waals surface area contributed by atoms with E-state index in [1.54, 1.807) is 6.92 Å². The fraction of sp³-hybridized carbons (Fsp3) is 0.409. The summed E-state index contributed by atoms with van der Waals surface area (Å²) >= 11 is 1.31. The topological polar surface area (TPSA) is 81.7 Å². The normalized spacial score (nSPS) is 16.2. The quantitative estimate of drug-likeness (QED) is 0.654. The lowest BCUT2D eigenvalue weighted by atomic mass is 9.88. The number of rotatable bonds is 6. The minimum Gasteiger partial charge on any atom is -0.462 e. The highest BCUT2D eigenvalue weighted by Crippen LogP contribution is 2.40. The van der Waals surface area contributed by atoms with E-state index >= 15 is 0 Å². The largest absolute Gasteiger partial charge is 0.462 e. The van der Waals surface area contributed by atoms with Crippen LogP contribution < -0.4 is 5.32 Å². The van der Waals surface area contributed by atoms with Crippen molar-refractivity contribution in [2.45, 2.75) is 46.1 Å². The van der Waals surface area contributed by atoms with Gasteiger partial charge >= 0.3 is 11.9 Å². The second-order valence-electron chi connectivity index (χ2n) is 7.47. The monoisotopic (exact) mass is 451 g/mol. The lowest BCUT2D eigenvalue weighted by molar-refractivity contribution is -0.123. The Labute approximate surface area is 182 Å². The molecule has 0 bridgehead atoms. The summed E-state index contributed by atoms with van der Waals surface area (Å²) in [5.41, 5.74) is 0.884. The highest BCUT2D eigenvalue weighted by molar-refractivity contribution is 7.17. The molecular weight excluding hydrogens is 428 g/mol. The fourth-order valence-electron chi connectivity index (χ4n) is 3.43. The van der Waals surface area contributed by atoms with Crippen molar-refractivity contribution in [1.29, 1.82) is 0 Å². The number of ether oxygens (including phenoxy) is 2. The summed E-state index contributed by atoms with van der Waals surface area (Å²) in [7, 11) is 0. The van der Waals surface area contributed by atoms with Gasteiger partial charge in [0.05, 0.1) is 17.7 Å². The van der Waals surface area contributed by atoms with E-state index in [4.69, 9.17) is 9.47 Å². The predicted molar refractivity (Wildman–Crippen MR) is 111 cm³/mol. The molecule has 0 saturated carbocycles. The number of amides is 1. The van der Waals surface area contributed by atoms with Gasteiger partial charge in [-0.2, -0.15) is 0 Å². The smallest absolute Gasteiger partial charge is 0.341 e. The zero-order valence-corrected chi connectivity index (χ0v) is 18.2. The number of fused-ring (bicyclic) bond motifs is 1. The average Bonchev–Trinajstić information content (AvgIpc) is 3.04. The van der Waals surface area contributed by atoms with Gasteiger partial charge in [-0.15, -0.1) is 11.3 Å². The second-order valence-corrected chi connectivity index (χ2v) is 8.58. The minimum absolute atomic E-state index is 0.200. The van der Waals surface area contributed by atoms with Crippen LogP contribution >= 0.6 is 11.3 Å². The first-order valence-corrected chi connectivity index (χ1v) is 10.8. The Kier molecular flexibility index (Phi) is 7.04. The molecule has 0 aliphatic heterocycles. The van der Waals surface area contributed by atoms with Crippen molar-refractivity contribution in [2.75, 3.05) is 11.9 Å². The molecule has 1 N–H and O–H groups in total. The van der Waals surface area contributed by atoms with E-state index in [0.29, 0.717) is 29.0 Å². The van der Waals surface area contributed by atoms with Crippen molar-refractivity contribution in [2.24, 2.45) is 5.92 Å². The Morgan fingerprint density at radius 1 is 1.19 bits per heavy atom. The number of carbonyl (C=O) groups excluding carboxylic acids is 3. The average molecular weight is 451 g/mol. The van der Waals surface area contributed by atoms with E-state index in [2.05, 4.69) is 12.2 Å². The standard InChI is InChI=1S/C22H23F2NO5S/c1-4-29-22(28)18-16-6-5-11(2)7-17(16)31-20(18)25-19(26)12(3)30-21(27)13-8-14(23)10-15(24)9-13/h8-12H,4-7H2,1-3H3,(H,25,26). The van der Waals surface area contributed by atoms with Crippen molar-refractivity contribution >= 4 is 34.2 Å². The second kappa shape index (κ2) is 9.55. The Hall–Kier alpha value is -2.81. The van der Waals surface area contributed by atoms with Crippen LogP contribution in [-0.2, 0) is 27.1 Å². The maximum absolute atomic E-state index is 13.3. The molecule has 0 radical (unpaired) electrons. The number of thiophene rings is 1. The molecule has 1 heterocycles. The third-order valence-corrected chi connectivity index (χ3v) is 6.15. The van der Waals surface area contributed by atoms with E-state index in [-0.39, 0.29) is 12.2 Å². The molecule has 0 spiro atoms. The fourth-order valence-corrected chi connectivity index (χ4v) is 4.83. The van der Waals surface area contributed by atoms with E-state index in [0.717, 1.165) is 35.4 Å². The summed E-state index contributed by atoms with van der Waals surface area (Å²) in [5.74, 6) is -3.60. The van der Waals surface area contributed by atoms with Gasteiger partial charge in [0, 0.05) is 10.9 Å². The molecule has 1 amide bonds. The molecule has 1 aromatic carbocycles. The molecule has 1 aliphatic rings. The van der Waals surface area contributed by atoms with Gasteiger partial charge in [0.15, 0.2) is 6.10 Å². The summed E-state index contributed by atoms with van der Waals surface area (Å²) in [6, 6.07) is 2.27. The lowest BCUT2D eigenvalue weighted by Crippen LogP contribution is -2.30. The van der Waals surface area contributed by atoms with Crippen LogP contribution in [0.1, 0.15) is 58.3 Å². The van der Waals surface area contributed by atoms with Crippen LogP contribution in [0.2, 0.25) is 0 Å². The van der Waals surface area contributed by atoms with E-state index in [1.165, 1.54) is 18.3 Å². The number of nitrogens with one attached hydrogen (secondary N) is 1. The lowest BCUT2D eigenvalue weighted by Gasteiger charge is -2.18. The number of carbonyl (C=O) groups is 3. The van der Waals surface area contributed by atoms with Gasteiger partial charge in [-0.3, -0.25) is 4.79 Å². The molecule has 31 heavy (non-hydrogen) atoms. The summed E-state index contributed by atoms with van der Waals surface area (Å²) in [4.78, 5) is 38.4. The molecular formula is C22H23F2NO5S. The Balaban J connectivity index is 1.77. The highest BCUT2D eigenvalue weighted by Gasteiger charge is 2.30. The van der Waals surface area contributed by atoms with Crippen LogP contribution in [0.4, 0.5) is 13.8 Å². The zero-order valence-electron chi connectivity index (χ0n) is 17.4. The van der Waals surface area contributed by atoms with Gasteiger partial charge in [-0.1, -0.05) is 6.92 Å². The number of hydrogen-bond donors (Lipinski definition) is 1. The molecule has 6 nitrogen and oxygen atoms in total. The molecule has 2 unspecified atom stereocenters. The zero-order chi connectivity index (χ0) is 22.7. The third-order valence-electron chi connectivity index (χ3n) is 4.98. The van der Waals surface area contributed by atoms with E-state index in [1.807, 2.05) is 0 Å². The van der Waals surface area contributed by atoms with Gasteiger partial charge in [0.25, 0.3) is 5.91 Å². The van der Waals surface area contributed by atoms with Crippen LogP contribution in [0.25, 0.3) is 0 Å². The number of anilines is 1. The number of esters is 2. The molecule has 3 rings (SSSR count). The Bertz CT molecular complexity index is 999. The first kappa shape index (κ1) is 22.9. The predicted octanol–water partition coefficient (Wildman–Crippen LogP) is 4.51. The molecule has 166 valence electrons. The molecule has 9 heteroatoms. The first-order valence-electron chi connectivity index (χ1n) is 9.99. The molecule has 0 fully saturated rings. The van der Waals surface area contributed by atoms with Gasteiger partial charge in [-0.25, -0.2) is 18.4 Å². The Morgan fingerprint density at radius 3 is 2.52 bits per heavy atom. The maximum atomic E-state index is 13.3. The number of benzene rings is 1. The Morgan fingerprint density at radius 2 is 1.87 bits per heavy atom. The molecule has 1 aromatic heterocycles. The van der Waals surface area contributed by atoms with Crippen molar-refractivity contribution < 1.29 is 32.6 Å². The van der Waals surface area contributed by atoms with Crippen LogP contribution in [0.5, 0.6) is 0 Å². The van der Waals surface area contributed by atoms with Gasteiger partial charge < -0.3 is 14.8 Å². The van der Waals surface area contributed by atoms with E-state index in [9.17, 15) is 23.2 Å². The van der Waals surface area contributed by atoms with Crippen LogP contribution in [0.15, 0.2) is 18.2 Å². The maximum Gasteiger partial charge on any atom is 0.341 e. The first-order chi connectivity index (χ1) is 14.7. The molecule has 2 atom stereocenters. The summed E-state index contributed by atoms with van der Waals surface area (Å²) in [6.45, 7) is 5.36. The van der Waals surface area contributed by atoms with Crippen molar-refractivity contribution in [3.05, 3.63) is 51.4 Å². The molecule has 2 aromatic rings. The third kappa shape index (κ3) is 5.28. The molecule has 0 saturated heterocycles.